The fourth-order valence-corrected chi connectivity index (χ4v) is 5.27. The van der Waals surface area contributed by atoms with Gasteiger partial charge in [-0.15, -0.1) is 0 Å². The molecule has 1 atom stereocenters. The molecule has 2 fully saturated rings. The van der Waals surface area contributed by atoms with Crippen LogP contribution in [0.1, 0.15) is 18.4 Å². The fourth-order valence-electron chi connectivity index (χ4n) is 3.35. The van der Waals surface area contributed by atoms with Gasteiger partial charge in [-0.25, -0.2) is 12.8 Å². The molecule has 0 aromatic heterocycles. The average Bonchev–Trinajstić information content (AvgIpc) is 2.62. The Labute approximate surface area is 147 Å². The second-order valence-corrected chi connectivity index (χ2v) is 8.68. The van der Waals surface area contributed by atoms with Gasteiger partial charge in [-0.1, -0.05) is 12.1 Å². The minimum atomic E-state index is -3.43. The van der Waals surface area contributed by atoms with Crippen molar-refractivity contribution in [2.45, 2.75) is 24.5 Å². The smallest absolute Gasteiger partial charge is 0.227 e. The van der Waals surface area contributed by atoms with E-state index in [1.54, 1.807) is 17.0 Å². The van der Waals surface area contributed by atoms with Gasteiger partial charge in [0.15, 0.2) is 0 Å². The zero-order valence-electron chi connectivity index (χ0n) is 14.1. The zero-order valence-corrected chi connectivity index (χ0v) is 14.9. The van der Waals surface area contributed by atoms with Crippen LogP contribution in [-0.2, 0) is 26.0 Å². The van der Waals surface area contributed by atoms with Gasteiger partial charge < -0.3 is 9.64 Å². The van der Waals surface area contributed by atoms with Crippen LogP contribution < -0.4 is 0 Å². The molecule has 0 N–H and O–H groups in total. The highest BCUT2D eigenvalue weighted by atomic mass is 32.2. The quantitative estimate of drug-likeness (QED) is 0.794. The number of carbonyl (C=O) groups is 1. The maximum atomic E-state index is 13.3. The lowest BCUT2D eigenvalue weighted by molar-refractivity contribution is -0.131. The second-order valence-electron chi connectivity index (χ2n) is 6.47. The first-order valence-corrected chi connectivity index (χ1v) is 10.1. The van der Waals surface area contributed by atoms with Crippen LogP contribution >= 0.6 is 0 Å². The summed E-state index contributed by atoms with van der Waals surface area (Å²) in [6, 6.07) is 5.94. The van der Waals surface area contributed by atoms with Crippen LogP contribution in [0.4, 0.5) is 4.39 Å². The van der Waals surface area contributed by atoms with Gasteiger partial charge in [0.2, 0.25) is 15.9 Å². The van der Waals surface area contributed by atoms with Gasteiger partial charge in [-0.05, 0) is 30.5 Å². The van der Waals surface area contributed by atoms with E-state index in [-0.39, 0.29) is 24.7 Å². The lowest BCUT2D eigenvalue weighted by atomic mass is 10.1. The van der Waals surface area contributed by atoms with Gasteiger partial charge >= 0.3 is 0 Å². The Kier molecular flexibility index (Phi) is 5.71. The summed E-state index contributed by atoms with van der Waals surface area (Å²) >= 11 is 0. The van der Waals surface area contributed by atoms with E-state index in [2.05, 4.69) is 0 Å². The van der Waals surface area contributed by atoms with E-state index < -0.39 is 15.3 Å². The monoisotopic (exact) mass is 370 g/mol. The summed E-state index contributed by atoms with van der Waals surface area (Å²) in [6.07, 6.45) is 1.30. The summed E-state index contributed by atoms with van der Waals surface area (Å²) in [7, 11) is -3.43. The van der Waals surface area contributed by atoms with Crippen LogP contribution in [0.5, 0.6) is 0 Å². The number of hydrogen-bond donors (Lipinski definition) is 0. The number of ether oxygens (including phenoxy) is 1. The number of sulfonamides is 1. The SMILES string of the molecule is O=C(Cc1cccc(F)c1)N1CCCC(S(=O)(=O)N2CCOCC2)C1. The van der Waals surface area contributed by atoms with Crippen molar-refractivity contribution in [3.05, 3.63) is 35.6 Å². The van der Waals surface area contributed by atoms with Crippen molar-refractivity contribution in [3.8, 4) is 0 Å². The van der Waals surface area contributed by atoms with Gasteiger partial charge in [-0.3, -0.25) is 4.79 Å². The summed E-state index contributed by atoms with van der Waals surface area (Å²) < 4.78 is 45.5. The maximum absolute atomic E-state index is 13.3. The molecule has 138 valence electrons. The predicted octanol–water partition coefficient (Wildman–Crippen LogP) is 1.02. The average molecular weight is 370 g/mol. The number of benzene rings is 1. The molecular formula is C17H23FN2O4S. The van der Waals surface area contributed by atoms with Crippen LogP contribution in [-0.4, -0.2) is 68.2 Å². The molecule has 8 heteroatoms. The number of rotatable bonds is 4. The predicted molar refractivity (Wildman–Crippen MR) is 91.0 cm³/mol. The van der Waals surface area contributed by atoms with Crippen LogP contribution in [0.15, 0.2) is 24.3 Å². The number of halogens is 1. The van der Waals surface area contributed by atoms with E-state index in [1.807, 2.05) is 0 Å². The Balaban J connectivity index is 1.65. The molecule has 0 aliphatic carbocycles. The molecule has 0 saturated carbocycles. The van der Waals surface area contributed by atoms with E-state index in [9.17, 15) is 17.6 Å². The van der Waals surface area contributed by atoms with E-state index in [0.717, 1.165) is 0 Å². The number of amides is 1. The Morgan fingerprint density at radius 3 is 2.72 bits per heavy atom. The Morgan fingerprint density at radius 1 is 1.24 bits per heavy atom. The number of piperidine rings is 1. The third kappa shape index (κ3) is 4.37. The van der Waals surface area contributed by atoms with Crippen molar-refractivity contribution >= 4 is 15.9 Å². The molecule has 0 spiro atoms. The highest BCUT2D eigenvalue weighted by Crippen LogP contribution is 2.22. The van der Waals surface area contributed by atoms with Crippen molar-refractivity contribution in [3.63, 3.8) is 0 Å². The summed E-state index contributed by atoms with van der Waals surface area (Å²) in [5.41, 5.74) is 0.600. The van der Waals surface area contributed by atoms with Crippen molar-refractivity contribution in [2.24, 2.45) is 0 Å². The molecule has 6 nitrogen and oxygen atoms in total. The Hall–Kier alpha value is -1.51. The molecule has 2 aliphatic heterocycles. The summed E-state index contributed by atoms with van der Waals surface area (Å²) in [6.45, 7) is 2.31. The number of likely N-dealkylation sites (tertiary alicyclic amines) is 1. The topological polar surface area (TPSA) is 66.9 Å². The second kappa shape index (κ2) is 7.80. The highest BCUT2D eigenvalue weighted by molar-refractivity contribution is 7.89. The summed E-state index contributed by atoms with van der Waals surface area (Å²) in [5.74, 6) is -0.538. The van der Waals surface area contributed by atoms with E-state index in [1.165, 1.54) is 16.4 Å². The number of nitrogens with zero attached hydrogens (tertiary/aromatic N) is 2. The highest BCUT2D eigenvalue weighted by Gasteiger charge is 2.37. The van der Waals surface area contributed by atoms with Crippen molar-refractivity contribution < 1.29 is 22.3 Å². The standard InChI is InChI=1S/C17H23FN2O4S/c18-15-4-1-3-14(11-15)12-17(21)19-6-2-5-16(13-19)25(22,23)20-7-9-24-10-8-20/h1,3-4,11,16H,2,5-10,12-13H2. The largest absolute Gasteiger partial charge is 0.379 e. The summed E-state index contributed by atoms with van der Waals surface area (Å²) in [4.78, 5) is 14.1. The molecule has 1 unspecified atom stereocenters. The van der Waals surface area contributed by atoms with E-state index in [0.29, 0.717) is 51.3 Å². The number of morpholine rings is 1. The molecule has 25 heavy (non-hydrogen) atoms. The van der Waals surface area contributed by atoms with Gasteiger partial charge in [0.1, 0.15) is 5.82 Å². The lowest BCUT2D eigenvalue weighted by Crippen LogP contribution is -2.52. The molecule has 1 aromatic carbocycles. The molecule has 1 amide bonds. The van der Waals surface area contributed by atoms with Crippen LogP contribution in [0, 0.1) is 5.82 Å². The minimum absolute atomic E-state index is 0.0854. The first kappa shape index (κ1) is 18.3. The number of carbonyl (C=O) groups excluding carboxylic acids is 1. The Bertz CT molecular complexity index is 719. The third-order valence-electron chi connectivity index (χ3n) is 4.73. The molecule has 0 radical (unpaired) electrons. The van der Waals surface area contributed by atoms with Crippen molar-refractivity contribution in [2.75, 3.05) is 39.4 Å². The van der Waals surface area contributed by atoms with Gasteiger partial charge in [-0.2, -0.15) is 4.31 Å². The van der Waals surface area contributed by atoms with Gasteiger partial charge in [0, 0.05) is 26.2 Å². The normalized spacial score (nSPS) is 22.8. The van der Waals surface area contributed by atoms with Crippen molar-refractivity contribution in [1.29, 1.82) is 0 Å². The molecule has 2 aliphatic rings. The van der Waals surface area contributed by atoms with Gasteiger partial charge in [0.05, 0.1) is 24.9 Å². The molecule has 0 bridgehead atoms. The molecular weight excluding hydrogens is 347 g/mol. The van der Waals surface area contributed by atoms with Crippen LogP contribution in [0.25, 0.3) is 0 Å². The van der Waals surface area contributed by atoms with Crippen molar-refractivity contribution in [1.82, 2.24) is 9.21 Å². The maximum Gasteiger partial charge on any atom is 0.227 e. The molecule has 2 heterocycles. The van der Waals surface area contributed by atoms with Crippen LogP contribution in [0.3, 0.4) is 0 Å². The molecule has 1 aromatic rings. The first-order valence-electron chi connectivity index (χ1n) is 8.56. The summed E-state index contributed by atoms with van der Waals surface area (Å²) in [5, 5.41) is -0.573. The molecule has 2 saturated heterocycles. The zero-order chi connectivity index (χ0) is 17.9. The van der Waals surface area contributed by atoms with E-state index >= 15 is 0 Å². The van der Waals surface area contributed by atoms with Gasteiger partial charge in [0.25, 0.3) is 0 Å². The fraction of sp³-hybridized carbons (Fsp3) is 0.588. The van der Waals surface area contributed by atoms with Crippen LogP contribution in [0.2, 0.25) is 0 Å². The number of hydrogen-bond acceptors (Lipinski definition) is 4. The molecule has 3 rings (SSSR count). The minimum Gasteiger partial charge on any atom is -0.379 e. The Morgan fingerprint density at radius 2 is 2.00 bits per heavy atom. The third-order valence-corrected chi connectivity index (χ3v) is 7.04. The lowest BCUT2D eigenvalue weighted by Gasteiger charge is -2.36. The first-order chi connectivity index (χ1) is 12.0. The van der Waals surface area contributed by atoms with E-state index in [4.69, 9.17) is 4.74 Å².